The summed E-state index contributed by atoms with van der Waals surface area (Å²) in [5.41, 5.74) is 0.242. The number of rotatable bonds is 6. The summed E-state index contributed by atoms with van der Waals surface area (Å²) in [4.78, 5) is 32.7. The molecular formula is C23H27F3N4O3S. The first kappa shape index (κ1) is 24.3. The quantitative estimate of drug-likeness (QED) is 0.659. The minimum Gasteiger partial charge on any atom is -0.405 e. The average Bonchev–Trinajstić information content (AvgIpc) is 3.50. The summed E-state index contributed by atoms with van der Waals surface area (Å²) in [6, 6.07) is 9.48. The molecule has 34 heavy (non-hydrogen) atoms. The molecule has 4 rings (SSSR count). The summed E-state index contributed by atoms with van der Waals surface area (Å²) in [5, 5.41) is 2.67. The van der Waals surface area contributed by atoms with Crippen LogP contribution in [0.4, 0.5) is 18.0 Å². The van der Waals surface area contributed by atoms with Gasteiger partial charge in [0.05, 0.1) is 4.88 Å². The number of carbonyl (C=O) groups is 2. The van der Waals surface area contributed by atoms with Gasteiger partial charge in [0.2, 0.25) is 0 Å². The van der Waals surface area contributed by atoms with Crippen molar-refractivity contribution in [3.05, 3.63) is 51.7 Å². The second-order valence-corrected chi connectivity index (χ2v) is 9.51. The highest BCUT2D eigenvalue weighted by atomic mass is 32.1. The summed E-state index contributed by atoms with van der Waals surface area (Å²) < 4.78 is 41.8. The molecule has 0 radical (unpaired) electrons. The van der Waals surface area contributed by atoms with E-state index in [1.807, 2.05) is 15.9 Å². The van der Waals surface area contributed by atoms with E-state index in [9.17, 15) is 22.8 Å². The molecule has 3 heterocycles. The highest BCUT2D eigenvalue weighted by Gasteiger charge is 2.32. The molecule has 0 atom stereocenters. The maximum atomic E-state index is 12.6. The fourth-order valence-electron chi connectivity index (χ4n) is 4.15. The molecule has 2 fully saturated rings. The van der Waals surface area contributed by atoms with Crippen LogP contribution in [0.25, 0.3) is 0 Å². The van der Waals surface area contributed by atoms with Crippen LogP contribution in [0, 0.1) is 0 Å². The van der Waals surface area contributed by atoms with Gasteiger partial charge in [-0.05, 0) is 31.0 Å². The molecule has 2 aliphatic heterocycles. The van der Waals surface area contributed by atoms with Gasteiger partial charge < -0.3 is 19.9 Å². The summed E-state index contributed by atoms with van der Waals surface area (Å²) in [6.45, 7) is 5.22. The lowest BCUT2D eigenvalue weighted by atomic mass is 10.2. The normalized spacial score (nSPS) is 17.1. The Kier molecular flexibility index (Phi) is 7.62. The Bertz CT molecular complexity index is 999. The predicted molar refractivity (Wildman–Crippen MR) is 122 cm³/mol. The van der Waals surface area contributed by atoms with Gasteiger partial charge >= 0.3 is 12.4 Å². The number of nitrogens with one attached hydrogen (secondary N) is 1. The third-order valence-electron chi connectivity index (χ3n) is 5.92. The van der Waals surface area contributed by atoms with Crippen LogP contribution in [-0.4, -0.2) is 72.3 Å². The van der Waals surface area contributed by atoms with Crippen molar-refractivity contribution in [1.82, 2.24) is 20.0 Å². The lowest BCUT2D eigenvalue weighted by Gasteiger charge is -2.36. The molecule has 2 saturated heterocycles. The zero-order chi connectivity index (χ0) is 24.1. The van der Waals surface area contributed by atoms with Crippen molar-refractivity contribution in [2.45, 2.75) is 32.3 Å². The summed E-state index contributed by atoms with van der Waals surface area (Å²) >= 11 is 1.36. The van der Waals surface area contributed by atoms with E-state index in [0.717, 1.165) is 43.9 Å². The van der Waals surface area contributed by atoms with Gasteiger partial charge in [-0.2, -0.15) is 0 Å². The average molecular weight is 497 g/mol. The van der Waals surface area contributed by atoms with Gasteiger partial charge in [-0.15, -0.1) is 24.5 Å². The van der Waals surface area contributed by atoms with Gasteiger partial charge in [0, 0.05) is 62.8 Å². The minimum atomic E-state index is -4.80. The molecule has 3 amide bonds. The van der Waals surface area contributed by atoms with Gasteiger partial charge in [0.1, 0.15) is 5.75 Å². The molecule has 1 N–H and O–H groups in total. The van der Waals surface area contributed by atoms with Crippen molar-refractivity contribution in [2.24, 2.45) is 0 Å². The van der Waals surface area contributed by atoms with Crippen LogP contribution >= 0.6 is 11.3 Å². The lowest BCUT2D eigenvalue weighted by molar-refractivity contribution is -0.274. The Hall–Kier alpha value is -2.79. The Morgan fingerprint density at radius 1 is 0.941 bits per heavy atom. The number of hydrogen-bond donors (Lipinski definition) is 1. The largest absolute Gasteiger partial charge is 0.573 e. The van der Waals surface area contributed by atoms with E-state index in [2.05, 4.69) is 15.0 Å². The number of hydrogen-bond acceptors (Lipinski definition) is 5. The predicted octanol–water partition coefficient (Wildman–Crippen LogP) is 3.91. The van der Waals surface area contributed by atoms with E-state index in [4.69, 9.17) is 0 Å². The molecule has 1 aromatic carbocycles. The maximum absolute atomic E-state index is 12.6. The third kappa shape index (κ3) is 6.41. The molecule has 7 nitrogen and oxygen atoms in total. The third-order valence-corrected chi connectivity index (χ3v) is 6.99. The van der Waals surface area contributed by atoms with Gasteiger partial charge in [0.15, 0.2) is 0 Å². The maximum Gasteiger partial charge on any atom is 0.573 e. The molecule has 2 aliphatic rings. The van der Waals surface area contributed by atoms with E-state index >= 15 is 0 Å². The highest BCUT2D eigenvalue weighted by Crippen LogP contribution is 2.26. The van der Waals surface area contributed by atoms with Crippen LogP contribution in [0.2, 0.25) is 0 Å². The summed E-state index contributed by atoms with van der Waals surface area (Å²) in [7, 11) is 0. The van der Waals surface area contributed by atoms with Crippen LogP contribution < -0.4 is 10.1 Å². The monoisotopic (exact) mass is 496 g/mol. The molecule has 2 aromatic rings. The van der Waals surface area contributed by atoms with Gasteiger partial charge in [0.25, 0.3) is 5.91 Å². The molecule has 0 aliphatic carbocycles. The van der Waals surface area contributed by atoms with E-state index in [0.29, 0.717) is 24.5 Å². The number of carbonyl (C=O) groups excluding carboxylic acids is 2. The molecule has 0 saturated carbocycles. The number of ether oxygens (including phenoxy) is 1. The van der Waals surface area contributed by atoms with Gasteiger partial charge in [-0.25, -0.2) is 4.79 Å². The standard InChI is InChI=1S/C23H27F3N4O3S/c24-23(25,26)33-19-6-2-1-5-17(19)15-27-21(31)20-8-7-18(34-20)16-28-11-13-30(14-12-28)22(32)29-9-3-4-10-29/h1-2,5-8H,3-4,9-16H2,(H,27,31). The Labute approximate surface area is 200 Å². The van der Waals surface area contributed by atoms with Crippen LogP contribution in [0.3, 0.4) is 0 Å². The molecular weight excluding hydrogens is 469 g/mol. The number of amides is 3. The van der Waals surface area contributed by atoms with Crippen LogP contribution in [0.1, 0.15) is 33.0 Å². The number of halogens is 3. The molecule has 184 valence electrons. The minimum absolute atomic E-state index is 0.0780. The Balaban J connectivity index is 1.25. The van der Waals surface area contributed by atoms with Crippen molar-refractivity contribution in [3.8, 4) is 5.75 Å². The first-order valence-electron chi connectivity index (χ1n) is 11.3. The smallest absolute Gasteiger partial charge is 0.405 e. The zero-order valence-corrected chi connectivity index (χ0v) is 19.5. The second kappa shape index (κ2) is 10.6. The van der Waals surface area contributed by atoms with Crippen LogP contribution in [-0.2, 0) is 13.1 Å². The second-order valence-electron chi connectivity index (χ2n) is 8.34. The number of benzene rings is 1. The first-order valence-corrected chi connectivity index (χ1v) is 12.1. The number of para-hydroxylation sites is 1. The first-order chi connectivity index (χ1) is 16.3. The topological polar surface area (TPSA) is 65.1 Å². The van der Waals surface area contributed by atoms with E-state index in [1.165, 1.54) is 29.5 Å². The molecule has 0 bridgehead atoms. The fraction of sp³-hybridized carbons (Fsp3) is 0.478. The molecule has 11 heteroatoms. The highest BCUT2D eigenvalue weighted by molar-refractivity contribution is 7.14. The van der Waals surface area contributed by atoms with E-state index in [1.54, 1.807) is 12.1 Å². The fourth-order valence-corrected chi connectivity index (χ4v) is 5.11. The Morgan fingerprint density at radius 2 is 1.62 bits per heavy atom. The number of alkyl halides is 3. The number of thiophene rings is 1. The number of nitrogens with zero attached hydrogens (tertiary/aromatic N) is 3. The van der Waals surface area contributed by atoms with Crippen molar-refractivity contribution < 1.29 is 27.5 Å². The summed E-state index contributed by atoms with van der Waals surface area (Å²) in [5.74, 6) is -0.677. The van der Waals surface area contributed by atoms with Gasteiger partial charge in [-0.1, -0.05) is 18.2 Å². The van der Waals surface area contributed by atoms with Crippen LogP contribution in [0.5, 0.6) is 5.75 Å². The number of piperazine rings is 1. The van der Waals surface area contributed by atoms with Gasteiger partial charge in [-0.3, -0.25) is 9.69 Å². The number of urea groups is 1. The van der Waals surface area contributed by atoms with E-state index in [-0.39, 0.29) is 29.8 Å². The van der Waals surface area contributed by atoms with Crippen molar-refractivity contribution in [2.75, 3.05) is 39.3 Å². The molecule has 0 spiro atoms. The summed E-state index contributed by atoms with van der Waals surface area (Å²) in [6.07, 6.45) is -2.64. The van der Waals surface area contributed by atoms with Crippen LogP contribution in [0.15, 0.2) is 36.4 Å². The van der Waals surface area contributed by atoms with Crippen molar-refractivity contribution in [3.63, 3.8) is 0 Å². The molecule has 0 unspecified atom stereocenters. The SMILES string of the molecule is O=C(NCc1ccccc1OC(F)(F)F)c1ccc(CN2CCN(C(=O)N3CCCC3)CC2)s1. The lowest BCUT2D eigenvalue weighted by Crippen LogP contribution is -2.51. The zero-order valence-electron chi connectivity index (χ0n) is 18.6. The molecule has 1 aromatic heterocycles. The van der Waals surface area contributed by atoms with Crippen molar-refractivity contribution >= 4 is 23.3 Å². The Morgan fingerprint density at radius 3 is 2.32 bits per heavy atom. The number of likely N-dealkylation sites (tertiary alicyclic amines) is 1. The van der Waals surface area contributed by atoms with Crippen molar-refractivity contribution in [1.29, 1.82) is 0 Å². The van der Waals surface area contributed by atoms with E-state index < -0.39 is 6.36 Å².